The fourth-order valence-corrected chi connectivity index (χ4v) is 3.25. The van der Waals surface area contributed by atoms with E-state index >= 15 is 0 Å². The second-order valence-electron chi connectivity index (χ2n) is 5.52. The number of Topliss-reactive ketones (excluding diaryl/α,β-unsaturated/α-hetero) is 1. The first-order chi connectivity index (χ1) is 12.1. The highest BCUT2D eigenvalue weighted by atomic mass is 32.1. The van der Waals surface area contributed by atoms with Crippen molar-refractivity contribution in [2.75, 3.05) is 7.11 Å². The highest BCUT2D eigenvalue weighted by molar-refractivity contribution is 7.07. The number of rotatable bonds is 4. The van der Waals surface area contributed by atoms with Crippen LogP contribution < -0.4 is 19.5 Å². The standard InChI is InChI=1S/C20H17NO3S/c1-13-5-3-4-6-15(13)11-18-20(23)21-19(25-18)12-17(22)14-7-9-16(24-2)10-8-14/h3-12H,1-2H3,(H,21,23)/b18-11+,19-12+. The first kappa shape index (κ1) is 16.9. The number of aromatic amines is 1. The molecule has 126 valence electrons. The molecule has 4 nitrogen and oxygen atoms in total. The molecule has 25 heavy (non-hydrogen) atoms. The Bertz CT molecular complexity index is 1080. The second kappa shape index (κ2) is 7.32. The summed E-state index contributed by atoms with van der Waals surface area (Å²) in [5.74, 6) is 0.527. The molecule has 0 saturated carbocycles. The maximum Gasteiger partial charge on any atom is 0.266 e. The first-order valence-electron chi connectivity index (χ1n) is 7.73. The molecule has 1 heterocycles. The van der Waals surface area contributed by atoms with Crippen molar-refractivity contribution >= 4 is 29.3 Å². The summed E-state index contributed by atoms with van der Waals surface area (Å²) in [6.07, 6.45) is 3.29. The van der Waals surface area contributed by atoms with Crippen LogP contribution in [0.4, 0.5) is 0 Å². The maximum atomic E-state index is 12.3. The lowest BCUT2D eigenvalue weighted by atomic mass is 10.1. The molecule has 0 aliphatic rings. The zero-order valence-corrected chi connectivity index (χ0v) is 14.7. The van der Waals surface area contributed by atoms with E-state index in [1.807, 2.05) is 37.3 Å². The average molecular weight is 351 g/mol. The molecule has 0 bridgehead atoms. The summed E-state index contributed by atoms with van der Waals surface area (Å²) in [4.78, 5) is 27.2. The van der Waals surface area contributed by atoms with E-state index in [9.17, 15) is 9.59 Å². The van der Waals surface area contributed by atoms with Gasteiger partial charge in [-0.2, -0.15) is 0 Å². The van der Waals surface area contributed by atoms with Gasteiger partial charge in [-0.05, 0) is 48.4 Å². The molecule has 0 aliphatic heterocycles. The molecule has 0 unspecified atom stereocenters. The van der Waals surface area contributed by atoms with Gasteiger partial charge in [-0.15, -0.1) is 11.3 Å². The summed E-state index contributed by atoms with van der Waals surface area (Å²) in [6, 6.07) is 14.7. The monoisotopic (exact) mass is 351 g/mol. The number of nitrogens with one attached hydrogen (secondary N) is 1. The summed E-state index contributed by atoms with van der Waals surface area (Å²) < 4.78 is 6.19. The minimum atomic E-state index is -0.193. The van der Waals surface area contributed by atoms with Gasteiger partial charge in [0.05, 0.1) is 16.3 Å². The van der Waals surface area contributed by atoms with Gasteiger partial charge >= 0.3 is 0 Å². The molecule has 0 atom stereocenters. The predicted molar refractivity (Wildman–Crippen MR) is 101 cm³/mol. The van der Waals surface area contributed by atoms with Crippen molar-refractivity contribution in [1.29, 1.82) is 0 Å². The van der Waals surface area contributed by atoms with Crippen molar-refractivity contribution in [3.05, 3.63) is 84.8 Å². The summed E-state index contributed by atoms with van der Waals surface area (Å²) >= 11 is 1.27. The van der Waals surface area contributed by atoms with Crippen LogP contribution in [0.3, 0.4) is 0 Å². The van der Waals surface area contributed by atoms with Crippen molar-refractivity contribution in [1.82, 2.24) is 4.98 Å². The van der Waals surface area contributed by atoms with E-state index in [-0.39, 0.29) is 11.3 Å². The molecule has 0 fully saturated rings. The Kier molecular flexibility index (Phi) is 4.95. The molecule has 0 amide bonds. The molecular weight excluding hydrogens is 334 g/mol. The lowest BCUT2D eigenvalue weighted by Gasteiger charge is -1.99. The number of ketones is 1. The lowest BCUT2D eigenvalue weighted by Crippen LogP contribution is -2.20. The van der Waals surface area contributed by atoms with Gasteiger partial charge in [-0.3, -0.25) is 9.59 Å². The molecule has 1 N–H and O–H groups in total. The summed E-state index contributed by atoms with van der Waals surface area (Å²) in [5, 5.41) is 0. The third-order valence-electron chi connectivity index (χ3n) is 3.79. The molecule has 5 heteroatoms. The Labute approximate surface area is 148 Å². The van der Waals surface area contributed by atoms with Crippen LogP contribution in [0.1, 0.15) is 21.5 Å². The molecule has 1 aromatic heterocycles. The second-order valence-corrected chi connectivity index (χ2v) is 6.61. The van der Waals surface area contributed by atoms with Crippen LogP contribution in [-0.4, -0.2) is 17.9 Å². The van der Waals surface area contributed by atoms with Crippen LogP contribution in [0.15, 0.2) is 53.3 Å². The quantitative estimate of drug-likeness (QED) is 0.734. The lowest BCUT2D eigenvalue weighted by molar-refractivity contribution is 0.106. The van der Waals surface area contributed by atoms with Gasteiger partial charge < -0.3 is 9.72 Å². The van der Waals surface area contributed by atoms with E-state index in [1.54, 1.807) is 31.4 Å². The predicted octanol–water partition coefficient (Wildman–Crippen LogP) is 2.25. The minimum Gasteiger partial charge on any atom is -0.497 e. The van der Waals surface area contributed by atoms with Gasteiger partial charge in [-0.1, -0.05) is 24.3 Å². The van der Waals surface area contributed by atoms with E-state index in [4.69, 9.17) is 4.74 Å². The van der Waals surface area contributed by atoms with Crippen LogP contribution in [0.2, 0.25) is 0 Å². The molecule has 2 aromatic carbocycles. The van der Waals surface area contributed by atoms with Gasteiger partial charge in [0.15, 0.2) is 5.78 Å². The molecule has 0 radical (unpaired) electrons. The fourth-order valence-electron chi connectivity index (χ4n) is 2.37. The van der Waals surface area contributed by atoms with Gasteiger partial charge in [0.1, 0.15) is 5.75 Å². The summed E-state index contributed by atoms with van der Waals surface area (Å²) in [7, 11) is 1.58. The number of thiazole rings is 1. The van der Waals surface area contributed by atoms with E-state index in [1.165, 1.54) is 17.4 Å². The van der Waals surface area contributed by atoms with E-state index in [0.717, 1.165) is 11.1 Å². The van der Waals surface area contributed by atoms with Crippen molar-refractivity contribution in [2.24, 2.45) is 0 Å². The normalized spacial score (nSPS) is 12.4. The Morgan fingerprint density at radius 2 is 1.84 bits per heavy atom. The van der Waals surface area contributed by atoms with Crippen molar-refractivity contribution < 1.29 is 9.53 Å². The average Bonchev–Trinajstić information content (AvgIpc) is 2.96. The maximum absolute atomic E-state index is 12.3. The Hall–Kier alpha value is -2.92. The molecule has 0 spiro atoms. The number of methoxy groups -OCH3 is 1. The number of benzene rings is 2. The number of aromatic nitrogens is 1. The summed E-state index contributed by atoms with van der Waals surface area (Å²) in [6.45, 7) is 1.99. The Morgan fingerprint density at radius 3 is 2.52 bits per heavy atom. The zero-order chi connectivity index (χ0) is 17.8. The van der Waals surface area contributed by atoms with Crippen LogP contribution in [0.5, 0.6) is 5.75 Å². The number of carbonyl (C=O) groups excluding carboxylic acids is 1. The number of aryl methyl sites for hydroxylation is 1. The number of hydrogen-bond donors (Lipinski definition) is 1. The highest BCUT2D eigenvalue weighted by Crippen LogP contribution is 2.12. The van der Waals surface area contributed by atoms with Gasteiger partial charge in [0, 0.05) is 11.6 Å². The molecule has 3 aromatic rings. The SMILES string of the molecule is COc1ccc(C(=O)/C=c2\[nH]c(=O)/c(=C\c3ccccc3C)s2)cc1. The van der Waals surface area contributed by atoms with Gasteiger partial charge in [0.25, 0.3) is 5.56 Å². The van der Waals surface area contributed by atoms with E-state index in [2.05, 4.69) is 4.98 Å². The third kappa shape index (κ3) is 3.95. The fraction of sp³-hybridized carbons (Fsp3) is 0.100. The van der Waals surface area contributed by atoms with E-state index < -0.39 is 0 Å². The first-order valence-corrected chi connectivity index (χ1v) is 8.55. The molecule has 3 rings (SSSR count). The summed E-state index contributed by atoms with van der Waals surface area (Å²) in [5.41, 5.74) is 2.43. The molecular formula is C20H17NO3S. The smallest absolute Gasteiger partial charge is 0.266 e. The van der Waals surface area contributed by atoms with Gasteiger partial charge in [0.2, 0.25) is 0 Å². The topological polar surface area (TPSA) is 59.2 Å². The van der Waals surface area contributed by atoms with Crippen LogP contribution in [-0.2, 0) is 0 Å². The third-order valence-corrected chi connectivity index (χ3v) is 4.76. The van der Waals surface area contributed by atoms with Crippen LogP contribution in [0.25, 0.3) is 12.2 Å². The highest BCUT2D eigenvalue weighted by Gasteiger charge is 2.04. The van der Waals surface area contributed by atoms with Crippen molar-refractivity contribution in [3.8, 4) is 5.75 Å². The van der Waals surface area contributed by atoms with Crippen molar-refractivity contribution in [2.45, 2.75) is 6.92 Å². The molecule has 0 saturated heterocycles. The molecule has 0 aliphatic carbocycles. The van der Waals surface area contributed by atoms with Crippen LogP contribution >= 0.6 is 11.3 Å². The largest absolute Gasteiger partial charge is 0.497 e. The Balaban J connectivity index is 1.96. The number of ether oxygens (including phenoxy) is 1. The van der Waals surface area contributed by atoms with Gasteiger partial charge in [-0.25, -0.2) is 0 Å². The Morgan fingerprint density at radius 1 is 1.12 bits per heavy atom. The number of hydrogen-bond acceptors (Lipinski definition) is 4. The van der Waals surface area contributed by atoms with Crippen LogP contribution in [0, 0.1) is 6.92 Å². The minimum absolute atomic E-state index is 0.164. The van der Waals surface area contributed by atoms with E-state index in [0.29, 0.717) is 20.5 Å². The number of carbonyl (C=O) groups is 1. The number of H-pyrrole nitrogens is 1. The zero-order valence-electron chi connectivity index (χ0n) is 13.9. The van der Waals surface area contributed by atoms with Crippen molar-refractivity contribution in [3.63, 3.8) is 0 Å².